The summed E-state index contributed by atoms with van der Waals surface area (Å²) in [5, 5.41) is -0.270. The Morgan fingerprint density at radius 3 is 2.87 bits per heavy atom. The molecule has 0 N–H and O–H groups in total. The molecule has 1 rings (SSSR count). The molecule has 0 aromatic rings. The second-order valence-electron chi connectivity index (χ2n) is 2.71. The molecule has 1 saturated heterocycles. The topological polar surface area (TPSA) is 63.7 Å². The van der Waals surface area contributed by atoms with Crippen LogP contribution in [0.3, 0.4) is 0 Å². The lowest BCUT2D eigenvalue weighted by atomic mass is 10.4. The van der Waals surface area contributed by atoms with Crippen molar-refractivity contribution in [3.05, 3.63) is 12.2 Å². The summed E-state index contributed by atoms with van der Waals surface area (Å²) in [4.78, 5) is 34.2. The first-order valence-corrected chi connectivity index (χ1v) is 5.44. The van der Waals surface area contributed by atoms with Gasteiger partial charge in [0.2, 0.25) is 5.91 Å². The second-order valence-corrected chi connectivity index (χ2v) is 3.64. The smallest absolute Gasteiger partial charge is 0.330 e. The minimum atomic E-state index is -0.468. The zero-order chi connectivity index (χ0) is 11.3. The Kier molecular flexibility index (Phi) is 4.36. The van der Waals surface area contributed by atoms with E-state index in [2.05, 4.69) is 4.74 Å². The first-order valence-electron chi connectivity index (χ1n) is 4.45. The van der Waals surface area contributed by atoms with E-state index in [1.807, 2.05) is 0 Å². The summed E-state index contributed by atoms with van der Waals surface area (Å²) in [7, 11) is 0. The highest BCUT2D eigenvalue weighted by Crippen LogP contribution is 2.17. The van der Waals surface area contributed by atoms with Gasteiger partial charge in [0.15, 0.2) is 0 Å². The van der Waals surface area contributed by atoms with E-state index in [4.69, 9.17) is 0 Å². The van der Waals surface area contributed by atoms with Crippen LogP contribution in [0.1, 0.15) is 6.92 Å². The Labute approximate surface area is 91.4 Å². The van der Waals surface area contributed by atoms with E-state index in [1.165, 1.54) is 12.2 Å². The molecule has 82 valence electrons. The highest BCUT2D eigenvalue weighted by Gasteiger charge is 2.28. The van der Waals surface area contributed by atoms with Crippen molar-refractivity contribution < 1.29 is 19.1 Å². The Morgan fingerprint density at radius 1 is 1.60 bits per heavy atom. The van der Waals surface area contributed by atoms with Crippen LogP contribution in [0.5, 0.6) is 0 Å². The lowest BCUT2D eigenvalue weighted by Crippen LogP contribution is -2.28. The molecule has 15 heavy (non-hydrogen) atoms. The maximum Gasteiger partial charge on any atom is 0.330 e. The highest BCUT2D eigenvalue weighted by atomic mass is 32.2. The zero-order valence-electron chi connectivity index (χ0n) is 8.26. The predicted molar refractivity (Wildman–Crippen MR) is 55.3 cm³/mol. The molecule has 0 saturated carbocycles. The van der Waals surface area contributed by atoms with Gasteiger partial charge in [0.1, 0.15) is 0 Å². The van der Waals surface area contributed by atoms with Crippen LogP contribution < -0.4 is 0 Å². The van der Waals surface area contributed by atoms with E-state index in [0.29, 0.717) is 6.61 Å². The van der Waals surface area contributed by atoms with Crippen molar-refractivity contribution in [1.29, 1.82) is 0 Å². The third kappa shape index (κ3) is 3.39. The largest absolute Gasteiger partial charge is 0.463 e. The molecule has 1 aliphatic heterocycles. The molecule has 6 heteroatoms. The van der Waals surface area contributed by atoms with Crippen molar-refractivity contribution in [1.82, 2.24) is 4.90 Å². The van der Waals surface area contributed by atoms with E-state index in [1.54, 1.807) is 6.92 Å². The minimum Gasteiger partial charge on any atom is -0.463 e. The summed E-state index contributed by atoms with van der Waals surface area (Å²) in [6.07, 6.45) is 2.66. The fraction of sp³-hybridized carbons (Fsp3) is 0.444. The van der Waals surface area contributed by atoms with Crippen LogP contribution >= 0.6 is 11.8 Å². The summed E-state index contributed by atoms with van der Waals surface area (Å²) in [6, 6.07) is 0. The van der Waals surface area contributed by atoms with Crippen molar-refractivity contribution in [3.63, 3.8) is 0 Å². The lowest BCUT2D eigenvalue weighted by Gasteiger charge is -2.08. The number of nitrogens with zero attached hydrogens (tertiary/aromatic N) is 1. The molecule has 0 aromatic heterocycles. The summed E-state index contributed by atoms with van der Waals surface area (Å²) in [6.45, 7) is 2.14. The van der Waals surface area contributed by atoms with Crippen LogP contribution in [-0.2, 0) is 14.3 Å². The predicted octanol–water partition coefficient (Wildman–Crippen LogP) is 0.801. The molecule has 2 amide bonds. The number of imide groups is 1. The van der Waals surface area contributed by atoms with Crippen LogP contribution in [0.2, 0.25) is 0 Å². The molecule has 0 unspecified atom stereocenters. The van der Waals surface area contributed by atoms with Gasteiger partial charge < -0.3 is 4.74 Å². The van der Waals surface area contributed by atoms with E-state index in [-0.39, 0.29) is 23.4 Å². The van der Waals surface area contributed by atoms with E-state index in [9.17, 15) is 14.4 Å². The summed E-state index contributed by atoms with van der Waals surface area (Å²) < 4.78 is 4.64. The average Bonchev–Trinajstić information content (AvgIpc) is 2.49. The third-order valence-electron chi connectivity index (χ3n) is 1.67. The first-order chi connectivity index (χ1) is 7.15. The average molecular weight is 229 g/mol. The van der Waals surface area contributed by atoms with Crippen LogP contribution in [0.25, 0.3) is 0 Å². The molecule has 1 heterocycles. The third-order valence-corrected chi connectivity index (χ3v) is 2.53. The lowest BCUT2D eigenvalue weighted by molar-refractivity contribution is -0.137. The van der Waals surface area contributed by atoms with Crippen molar-refractivity contribution in [2.24, 2.45) is 0 Å². The molecule has 0 aliphatic carbocycles. The minimum absolute atomic E-state index is 0.128. The molecule has 0 bridgehead atoms. The molecule has 5 nitrogen and oxygen atoms in total. The number of ether oxygens (including phenoxy) is 1. The fourth-order valence-corrected chi connectivity index (χ4v) is 1.74. The Morgan fingerprint density at radius 2 is 2.33 bits per heavy atom. The maximum atomic E-state index is 11.1. The van der Waals surface area contributed by atoms with Gasteiger partial charge in [-0.1, -0.05) is 17.8 Å². The van der Waals surface area contributed by atoms with E-state index >= 15 is 0 Å². The molecule has 0 radical (unpaired) electrons. The molecule has 0 spiro atoms. The van der Waals surface area contributed by atoms with Gasteiger partial charge in [-0.3, -0.25) is 14.5 Å². The van der Waals surface area contributed by atoms with Crippen molar-refractivity contribution in [2.75, 3.05) is 18.9 Å². The van der Waals surface area contributed by atoms with Gasteiger partial charge in [-0.2, -0.15) is 0 Å². The van der Waals surface area contributed by atoms with Crippen molar-refractivity contribution in [3.8, 4) is 0 Å². The Hall–Kier alpha value is -1.30. The monoisotopic (exact) mass is 229 g/mol. The normalized spacial score (nSPS) is 16.5. The van der Waals surface area contributed by atoms with Crippen molar-refractivity contribution in [2.45, 2.75) is 6.92 Å². The molecule has 0 atom stereocenters. The van der Waals surface area contributed by atoms with Crippen LogP contribution in [0.4, 0.5) is 4.79 Å². The molecular weight excluding hydrogens is 218 g/mol. The number of carbonyl (C=O) groups is 3. The number of rotatable bonds is 4. The fourth-order valence-electron chi connectivity index (χ4n) is 1.00. The zero-order valence-corrected chi connectivity index (χ0v) is 9.08. The van der Waals surface area contributed by atoms with Gasteiger partial charge >= 0.3 is 5.97 Å². The van der Waals surface area contributed by atoms with E-state index in [0.717, 1.165) is 16.7 Å². The first kappa shape index (κ1) is 11.8. The van der Waals surface area contributed by atoms with Crippen molar-refractivity contribution >= 4 is 28.9 Å². The second kappa shape index (κ2) is 5.55. The Balaban J connectivity index is 2.39. The number of thioether (sulfide) groups is 1. The molecule has 0 aromatic carbocycles. The van der Waals surface area contributed by atoms with Gasteiger partial charge in [-0.05, 0) is 6.92 Å². The molecular formula is C9H11NO4S. The number of carbonyl (C=O) groups excluding carboxylic acids is 3. The maximum absolute atomic E-state index is 11.1. The van der Waals surface area contributed by atoms with Gasteiger partial charge in [0, 0.05) is 12.6 Å². The SMILES string of the molecule is CCOC(=O)/C=C/CN1C(=O)CSC1=O. The van der Waals surface area contributed by atoms with E-state index < -0.39 is 5.97 Å². The number of hydrogen-bond acceptors (Lipinski definition) is 5. The van der Waals surface area contributed by atoms with Crippen LogP contribution in [0, 0.1) is 0 Å². The highest BCUT2D eigenvalue weighted by molar-refractivity contribution is 8.14. The molecule has 1 fully saturated rings. The summed E-state index contributed by atoms with van der Waals surface area (Å²) >= 11 is 0.970. The summed E-state index contributed by atoms with van der Waals surface area (Å²) in [5.41, 5.74) is 0. The molecule has 1 aliphatic rings. The van der Waals surface area contributed by atoms with Crippen LogP contribution in [0.15, 0.2) is 12.2 Å². The quantitative estimate of drug-likeness (QED) is 0.527. The number of esters is 1. The number of hydrogen-bond donors (Lipinski definition) is 0. The van der Waals surface area contributed by atoms with Gasteiger partial charge in [0.05, 0.1) is 12.4 Å². The van der Waals surface area contributed by atoms with Gasteiger partial charge in [-0.15, -0.1) is 0 Å². The van der Waals surface area contributed by atoms with Gasteiger partial charge in [-0.25, -0.2) is 4.79 Å². The standard InChI is InChI=1S/C9H11NO4S/c1-2-14-8(12)4-3-5-10-7(11)6-15-9(10)13/h3-4H,2,5-6H2,1H3/b4-3+. The number of amides is 2. The van der Waals surface area contributed by atoms with Crippen LogP contribution in [-0.4, -0.2) is 40.9 Å². The Bertz CT molecular complexity index is 297. The van der Waals surface area contributed by atoms with Gasteiger partial charge in [0.25, 0.3) is 5.24 Å². The summed E-state index contributed by atoms with van der Waals surface area (Å²) in [5.74, 6) is -0.505.